The van der Waals surface area contributed by atoms with Crippen molar-refractivity contribution >= 4 is 29.1 Å². The lowest BCUT2D eigenvalue weighted by Gasteiger charge is -1.62. The average molecular weight is 149 g/mol. The molecule has 0 aromatic rings. The molecule has 0 aliphatic carbocycles. The largest absolute Gasteiger partial charge is 0.352 e. The fourth-order valence-electron chi connectivity index (χ4n) is 0. The Morgan fingerprint density at radius 1 is 1.56 bits per heavy atom. The van der Waals surface area contributed by atoms with Gasteiger partial charge in [0.2, 0.25) is 0 Å². The minimum atomic E-state index is -1.50. The van der Waals surface area contributed by atoms with Crippen LogP contribution < -0.4 is 11.5 Å². The number of nitrogens with two attached hydrogens (primary N) is 2. The third-order valence-electron chi connectivity index (χ3n) is 0. The van der Waals surface area contributed by atoms with E-state index in [-0.39, 0.29) is 23.1 Å². The molecule has 0 aliphatic rings. The molecule has 5 N–H and O–H groups in total. The van der Waals surface area contributed by atoms with E-state index in [2.05, 4.69) is 11.5 Å². The Morgan fingerprint density at radius 2 is 1.56 bits per heavy atom. The van der Waals surface area contributed by atoms with Gasteiger partial charge in [-0.05, 0) is 0 Å². The van der Waals surface area contributed by atoms with Gasteiger partial charge in [0.05, 0.1) is 0 Å². The van der Waals surface area contributed by atoms with E-state index < -0.39 is 11.1 Å². The van der Waals surface area contributed by atoms with E-state index >= 15 is 0 Å². The summed E-state index contributed by atoms with van der Waals surface area (Å²) in [6.45, 7) is 0. The minimum Gasteiger partial charge on any atom is -0.352 e. The van der Waals surface area contributed by atoms with Crippen LogP contribution in [0.2, 0.25) is 0 Å². The van der Waals surface area contributed by atoms with E-state index in [4.69, 9.17) is 20.1 Å². The first-order valence-electron chi connectivity index (χ1n) is 1.35. The quantitative estimate of drug-likeness (QED) is 0.204. The summed E-state index contributed by atoms with van der Waals surface area (Å²) in [7, 11) is 0. The van der Waals surface area contributed by atoms with Gasteiger partial charge in [0.1, 0.15) is 0 Å². The Labute approximate surface area is 66.3 Å². The minimum absolute atomic E-state index is 0. The van der Waals surface area contributed by atoms with Crippen LogP contribution in [0, 0.1) is 10.1 Å². The highest BCUT2D eigenvalue weighted by Crippen LogP contribution is 1.38. The van der Waals surface area contributed by atoms with Crippen molar-refractivity contribution < 1.29 is 15.1 Å². The number of carbonyl (C=O) groups is 1. The Balaban J connectivity index is -0.0000000720. The second kappa shape index (κ2) is 10.3. The fourth-order valence-corrected chi connectivity index (χ4v) is 0. The number of amides is 2. The molecule has 9 heavy (non-hydrogen) atoms. The molecular formula is CH7MgN3O4. The maximum atomic E-state index is 9.00. The van der Waals surface area contributed by atoms with Crippen LogP contribution in [0.1, 0.15) is 0 Å². The molecule has 7 nitrogen and oxygen atoms in total. The molecule has 0 aliphatic heterocycles. The molecule has 0 saturated heterocycles. The lowest BCUT2D eigenvalue weighted by molar-refractivity contribution is -0.742. The predicted octanol–water partition coefficient (Wildman–Crippen LogP) is -2.24. The standard InChI is InChI=1S/CH4N2O.Mg.HNO3.2H/c2-1(3)4;;2-1(3)4;;/h(H4,2,3,4);;(H,2,3,4);;. The summed E-state index contributed by atoms with van der Waals surface area (Å²) in [4.78, 5) is 17.4. The van der Waals surface area contributed by atoms with Gasteiger partial charge >= 0.3 is 29.1 Å². The van der Waals surface area contributed by atoms with E-state index in [1.165, 1.54) is 0 Å². The average Bonchev–Trinajstić information content (AvgIpc) is 1.25. The molecular weight excluding hydrogens is 142 g/mol. The van der Waals surface area contributed by atoms with Crippen LogP contribution in [0.15, 0.2) is 0 Å². The Bertz CT molecular complexity index is 73.8. The summed E-state index contributed by atoms with van der Waals surface area (Å²) >= 11 is 0. The number of nitrogens with zero attached hydrogens (tertiary/aromatic N) is 1. The highest BCUT2D eigenvalue weighted by atomic mass is 24.3. The number of hydrogen-bond donors (Lipinski definition) is 3. The molecule has 0 aromatic heterocycles. The molecule has 0 heterocycles. The van der Waals surface area contributed by atoms with Crippen LogP contribution in [-0.4, -0.2) is 39.4 Å². The van der Waals surface area contributed by atoms with Gasteiger partial charge in [-0.25, -0.2) is 4.79 Å². The molecule has 0 unspecified atom stereocenters. The number of rotatable bonds is 0. The number of urea groups is 1. The van der Waals surface area contributed by atoms with Gasteiger partial charge < -0.3 is 16.7 Å². The SMILES string of the molecule is NC(N)=O.O=[N+]([O-])O.[MgH2]. The smallest absolute Gasteiger partial charge is 0.316 e. The van der Waals surface area contributed by atoms with Gasteiger partial charge in [-0.3, -0.25) is 0 Å². The van der Waals surface area contributed by atoms with Crippen LogP contribution in [-0.2, 0) is 0 Å². The van der Waals surface area contributed by atoms with Crippen molar-refractivity contribution in [1.82, 2.24) is 0 Å². The second-order valence-corrected chi connectivity index (χ2v) is 0.640. The molecule has 8 heteroatoms. The molecule has 0 saturated carbocycles. The highest BCUT2D eigenvalue weighted by Gasteiger charge is 1.65. The Kier molecular flexibility index (Phi) is 17.9. The van der Waals surface area contributed by atoms with E-state index in [0.717, 1.165) is 0 Å². The van der Waals surface area contributed by atoms with Crippen molar-refractivity contribution in [1.29, 1.82) is 0 Å². The second-order valence-electron chi connectivity index (χ2n) is 0.640. The zero-order valence-corrected chi connectivity index (χ0v) is 3.77. The van der Waals surface area contributed by atoms with Crippen LogP contribution in [0.5, 0.6) is 0 Å². The van der Waals surface area contributed by atoms with Crippen molar-refractivity contribution in [3.05, 3.63) is 10.1 Å². The predicted molar refractivity (Wildman–Crippen MR) is 31.1 cm³/mol. The van der Waals surface area contributed by atoms with Crippen molar-refractivity contribution in [3.8, 4) is 0 Å². The van der Waals surface area contributed by atoms with Gasteiger partial charge in [-0.15, -0.1) is 10.1 Å². The van der Waals surface area contributed by atoms with E-state index in [9.17, 15) is 0 Å². The molecule has 2 amide bonds. The Morgan fingerprint density at radius 3 is 1.56 bits per heavy atom. The van der Waals surface area contributed by atoms with Gasteiger partial charge in [-0.1, -0.05) is 0 Å². The van der Waals surface area contributed by atoms with Gasteiger partial charge in [0.25, 0.3) is 5.09 Å². The number of primary amides is 2. The van der Waals surface area contributed by atoms with Crippen molar-refractivity contribution in [2.75, 3.05) is 0 Å². The first-order chi connectivity index (χ1) is 3.46. The van der Waals surface area contributed by atoms with E-state index in [1.54, 1.807) is 0 Å². The molecule has 0 spiro atoms. The summed E-state index contributed by atoms with van der Waals surface area (Å²) in [5.74, 6) is 0. The summed E-state index contributed by atoms with van der Waals surface area (Å²) in [5, 5.41) is 13.6. The van der Waals surface area contributed by atoms with Gasteiger partial charge in [0, 0.05) is 0 Å². The molecule has 0 atom stereocenters. The number of carbonyl (C=O) groups excluding carboxylic acids is 1. The summed E-state index contributed by atoms with van der Waals surface area (Å²) in [6.07, 6.45) is 0. The molecule has 0 fully saturated rings. The fraction of sp³-hybridized carbons (Fsp3) is 0. The maximum Gasteiger partial charge on any atom is 0.316 e. The molecule has 0 aromatic carbocycles. The topological polar surface area (TPSA) is 132 Å². The third kappa shape index (κ3) is 340. The van der Waals surface area contributed by atoms with Crippen LogP contribution in [0.3, 0.4) is 0 Å². The van der Waals surface area contributed by atoms with E-state index in [1.807, 2.05) is 0 Å². The zero-order valence-electron chi connectivity index (χ0n) is 3.77. The van der Waals surface area contributed by atoms with Crippen LogP contribution in [0.4, 0.5) is 4.79 Å². The maximum absolute atomic E-state index is 9.00. The normalized spacial score (nSPS) is 5.33. The molecule has 52 valence electrons. The lowest BCUT2D eigenvalue weighted by atomic mass is 11.2. The Hall–Kier alpha value is -0.764. The van der Waals surface area contributed by atoms with Crippen molar-refractivity contribution in [2.45, 2.75) is 0 Å². The summed E-state index contributed by atoms with van der Waals surface area (Å²) in [5.41, 5.74) is 8.50. The first kappa shape index (κ1) is 15.7. The first-order valence-corrected chi connectivity index (χ1v) is 1.35. The van der Waals surface area contributed by atoms with E-state index in [0.29, 0.717) is 0 Å². The lowest BCUT2D eigenvalue weighted by Crippen LogP contribution is -2.18. The molecule has 0 bridgehead atoms. The third-order valence-corrected chi connectivity index (χ3v) is 0. The molecule has 0 radical (unpaired) electrons. The van der Waals surface area contributed by atoms with Crippen molar-refractivity contribution in [2.24, 2.45) is 11.5 Å². The van der Waals surface area contributed by atoms with Crippen LogP contribution in [0.25, 0.3) is 0 Å². The zero-order chi connectivity index (χ0) is 7.15. The molecule has 0 rings (SSSR count). The van der Waals surface area contributed by atoms with Gasteiger partial charge in [0.15, 0.2) is 0 Å². The van der Waals surface area contributed by atoms with Gasteiger partial charge in [-0.2, -0.15) is 0 Å². The highest BCUT2D eigenvalue weighted by molar-refractivity contribution is 5.75. The van der Waals surface area contributed by atoms with Crippen molar-refractivity contribution in [3.63, 3.8) is 0 Å². The monoisotopic (exact) mass is 149 g/mol. The summed E-state index contributed by atoms with van der Waals surface area (Å²) < 4.78 is 0. The summed E-state index contributed by atoms with van der Waals surface area (Å²) in [6, 6.07) is -0.833. The number of hydrogen-bond acceptors (Lipinski definition) is 3. The van der Waals surface area contributed by atoms with Crippen LogP contribution >= 0.6 is 0 Å².